The van der Waals surface area contributed by atoms with E-state index in [1.807, 2.05) is 0 Å². The SMILES string of the molecule is COC(=O)C(C)C(C)C(=O)NC1C(O)OC(CO)C(O)C1O. The van der Waals surface area contributed by atoms with E-state index in [9.17, 15) is 24.9 Å². The Morgan fingerprint density at radius 2 is 1.77 bits per heavy atom. The minimum atomic E-state index is -1.60. The summed E-state index contributed by atoms with van der Waals surface area (Å²) >= 11 is 0. The summed E-state index contributed by atoms with van der Waals surface area (Å²) in [5, 5.41) is 40.7. The average Bonchev–Trinajstić information content (AvgIpc) is 2.52. The molecule has 7 unspecified atom stereocenters. The molecule has 128 valence electrons. The highest BCUT2D eigenvalue weighted by molar-refractivity contribution is 5.85. The first kappa shape index (κ1) is 18.8. The Kier molecular flexibility index (Phi) is 6.69. The van der Waals surface area contributed by atoms with Gasteiger partial charge in [-0.15, -0.1) is 0 Å². The van der Waals surface area contributed by atoms with Gasteiger partial charge in [0.15, 0.2) is 6.29 Å². The normalized spacial score (nSPS) is 34.6. The molecule has 0 saturated carbocycles. The smallest absolute Gasteiger partial charge is 0.309 e. The van der Waals surface area contributed by atoms with Crippen LogP contribution in [0.3, 0.4) is 0 Å². The lowest BCUT2D eigenvalue weighted by molar-refractivity contribution is -0.254. The van der Waals surface area contributed by atoms with E-state index in [1.165, 1.54) is 21.0 Å². The molecule has 0 aromatic heterocycles. The molecule has 9 nitrogen and oxygen atoms in total. The Morgan fingerprint density at radius 1 is 1.18 bits per heavy atom. The topological polar surface area (TPSA) is 146 Å². The second kappa shape index (κ2) is 7.84. The van der Waals surface area contributed by atoms with E-state index in [2.05, 4.69) is 10.1 Å². The van der Waals surface area contributed by atoms with E-state index in [4.69, 9.17) is 9.84 Å². The first-order chi connectivity index (χ1) is 10.2. The number of hydrogen-bond donors (Lipinski definition) is 5. The molecular formula is C13H23NO8. The number of hydrogen-bond acceptors (Lipinski definition) is 8. The molecule has 0 aromatic carbocycles. The molecular weight excluding hydrogens is 298 g/mol. The molecule has 1 rings (SSSR count). The zero-order valence-electron chi connectivity index (χ0n) is 12.7. The Hall–Kier alpha value is -1.26. The molecule has 1 fully saturated rings. The molecule has 0 aromatic rings. The monoisotopic (exact) mass is 321 g/mol. The number of rotatable bonds is 5. The quantitative estimate of drug-likeness (QED) is 0.345. The molecule has 1 aliphatic heterocycles. The van der Waals surface area contributed by atoms with Gasteiger partial charge in [-0.2, -0.15) is 0 Å². The van der Waals surface area contributed by atoms with Crippen LogP contribution in [0.2, 0.25) is 0 Å². The summed E-state index contributed by atoms with van der Waals surface area (Å²) in [5.41, 5.74) is 0. The second-order valence-electron chi connectivity index (χ2n) is 5.36. The highest BCUT2D eigenvalue weighted by Crippen LogP contribution is 2.21. The molecule has 0 aliphatic carbocycles. The third kappa shape index (κ3) is 3.93. The summed E-state index contributed by atoms with van der Waals surface area (Å²) < 4.78 is 9.48. The summed E-state index contributed by atoms with van der Waals surface area (Å²) in [6, 6.07) is -1.28. The van der Waals surface area contributed by atoms with Crippen molar-refractivity contribution in [3.05, 3.63) is 0 Å². The highest BCUT2D eigenvalue weighted by atomic mass is 16.6. The Bertz CT molecular complexity index is 404. The second-order valence-corrected chi connectivity index (χ2v) is 5.36. The van der Waals surface area contributed by atoms with Crippen molar-refractivity contribution in [3.63, 3.8) is 0 Å². The molecule has 0 spiro atoms. The molecule has 1 saturated heterocycles. The molecule has 0 bridgehead atoms. The third-order valence-electron chi connectivity index (χ3n) is 3.95. The van der Waals surface area contributed by atoms with Gasteiger partial charge in [-0.05, 0) is 0 Å². The van der Waals surface area contributed by atoms with Crippen molar-refractivity contribution < 1.29 is 39.5 Å². The van der Waals surface area contributed by atoms with Gasteiger partial charge < -0.3 is 35.2 Å². The molecule has 0 radical (unpaired) electrons. The van der Waals surface area contributed by atoms with Gasteiger partial charge in [0.2, 0.25) is 5.91 Å². The fraction of sp³-hybridized carbons (Fsp3) is 0.846. The maximum atomic E-state index is 12.1. The van der Waals surface area contributed by atoms with Crippen molar-refractivity contribution in [1.82, 2.24) is 5.32 Å². The maximum Gasteiger partial charge on any atom is 0.309 e. The van der Waals surface area contributed by atoms with E-state index >= 15 is 0 Å². The highest BCUT2D eigenvalue weighted by Gasteiger charge is 2.45. The number of carbonyl (C=O) groups excluding carboxylic acids is 2. The summed E-state index contributed by atoms with van der Waals surface area (Å²) in [6.07, 6.45) is -5.73. The lowest BCUT2D eigenvalue weighted by atomic mass is 9.93. The largest absolute Gasteiger partial charge is 0.469 e. The van der Waals surface area contributed by atoms with Gasteiger partial charge in [0.05, 0.1) is 19.6 Å². The molecule has 9 heteroatoms. The number of nitrogens with one attached hydrogen (secondary N) is 1. The molecule has 1 amide bonds. The van der Waals surface area contributed by atoms with Crippen molar-refractivity contribution in [3.8, 4) is 0 Å². The van der Waals surface area contributed by atoms with E-state index in [-0.39, 0.29) is 0 Å². The fourth-order valence-electron chi connectivity index (χ4n) is 2.17. The Morgan fingerprint density at radius 3 is 2.27 bits per heavy atom. The number of esters is 1. The lowest BCUT2D eigenvalue weighted by Gasteiger charge is -2.40. The number of amides is 1. The van der Waals surface area contributed by atoms with Crippen LogP contribution >= 0.6 is 0 Å². The lowest BCUT2D eigenvalue weighted by Crippen LogP contribution is -2.64. The van der Waals surface area contributed by atoms with Crippen LogP contribution in [0.4, 0.5) is 0 Å². The number of methoxy groups -OCH3 is 1. The van der Waals surface area contributed by atoms with Gasteiger partial charge in [0, 0.05) is 5.92 Å². The van der Waals surface area contributed by atoms with Crippen molar-refractivity contribution in [1.29, 1.82) is 0 Å². The summed E-state index contributed by atoms with van der Waals surface area (Å²) in [4.78, 5) is 23.5. The summed E-state index contributed by atoms with van der Waals surface area (Å²) in [5.74, 6) is -2.68. The number of aliphatic hydroxyl groups is 4. The number of carbonyl (C=O) groups is 2. The van der Waals surface area contributed by atoms with Gasteiger partial charge in [-0.1, -0.05) is 13.8 Å². The van der Waals surface area contributed by atoms with Gasteiger partial charge in [0.1, 0.15) is 24.4 Å². The van der Waals surface area contributed by atoms with E-state index in [1.54, 1.807) is 0 Å². The molecule has 22 heavy (non-hydrogen) atoms. The van der Waals surface area contributed by atoms with Crippen LogP contribution in [0.5, 0.6) is 0 Å². The van der Waals surface area contributed by atoms with Crippen molar-refractivity contribution in [2.75, 3.05) is 13.7 Å². The molecule has 1 aliphatic rings. The van der Waals surface area contributed by atoms with Crippen molar-refractivity contribution in [2.24, 2.45) is 11.8 Å². The zero-order chi connectivity index (χ0) is 17.0. The maximum absolute atomic E-state index is 12.1. The average molecular weight is 321 g/mol. The fourth-order valence-corrected chi connectivity index (χ4v) is 2.17. The van der Waals surface area contributed by atoms with Crippen molar-refractivity contribution >= 4 is 11.9 Å². The minimum Gasteiger partial charge on any atom is -0.469 e. The zero-order valence-corrected chi connectivity index (χ0v) is 12.7. The van der Waals surface area contributed by atoms with Crippen LogP contribution in [0.1, 0.15) is 13.8 Å². The van der Waals surface area contributed by atoms with Gasteiger partial charge in [-0.25, -0.2) is 0 Å². The summed E-state index contributed by atoms with van der Waals surface area (Å²) in [6.45, 7) is 2.41. The van der Waals surface area contributed by atoms with Crippen LogP contribution < -0.4 is 5.32 Å². The van der Waals surface area contributed by atoms with Gasteiger partial charge in [0.25, 0.3) is 0 Å². The van der Waals surface area contributed by atoms with Crippen molar-refractivity contribution in [2.45, 2.75) is 44.5 Å². The van der Waals surface area contributed by atoms with Gasteiger partial charge >= 0.3 is 5.97 Å². The minimum absolute atomic E-state index is 0.566. The number of aliphatic hydroxyl groups excluding tert-OH is 4. The van der Waals surface area contributed by atoms with Crippen LogP contribution in [0.15, 0.2) is 0 Å². The molecule has 7 atom stereocenters. The Balaban J connectivity index is 2.72. The third-order valence-corrected chi connectivity index (χ3v) is 3.95. The molecule has 1 heterocycles. The molecule has 5 N–H and O–H groups in total. The van der Waals surface area contributed by atoms with Gasteiger partial charge in [-0.3, -0.25) is 9.59 Å². The van der Waals surface area contributed by atoms with E-state index < -0.39 is 61.0 Å². The van der Waals surface area contributed by atoms with Crippen LogP contribution in [0.25, 0.3) is 0 Å². The first-order valence-corrected chi connectivity index (χ1v) is 6.93. The predicted octanol–water partition coefficient (Wildman–Crippen LogP) is -2.65. The first-order valence-electron chi connectivity index (χ1n) is 6.93. The van der Waals surface area contributed by atoms with E-state index in [0.29, 0.717) is 0 Å². The number of ether oxygens (including phenoxy) is 2. The standard InChI is InChI=1S/C13H23NO8/c1-5(6(2)12(19)21-3)11(18)14-8-10(17)9(16)7(4-15)22-13(8)20/h5-10,13,15-17,20H,4H2,1-3H3,(H,14,18). The van der Waals surface area contributed by atoms with E-state index in [0.717, 1.165) is 0 Å². The predicted molar refractivity (Wildman–Crippen MR) is 72.3 cm³/mol. The Labute approximate surface area is 127 Å². The van der Waals surface area contributed by atoms with Crippen LogP contribution in [0, 0.1) is 11.8 Å². The van der Waals surface area contributed by atoms with Crippen LogP contribution in [-0.2, 0) is 19.1 Å². The van der Waals surface area contributed by atoms with Crippen LogP contribution in [-0.4, -0.2) is 76.7 Å². The summed E-state index contributed by atoms with van der Waals surface area (Å²) in [7, 11) is 1.21.